The minimum atomic E-state index is -3.91. The molecule has 0 aliphatic carbocycles. The summed E-state index contributed by atoms with van der Waals surface area (Å²) in [6.45, 7) is 2.97. The molecule has 0 unspecified atom stereocenters. The Morgan fingerprint density at radius 3 is 2.30 bits per heavy atom. The number of piperazine rings is 1. The van der Waals surface area contributed by atoms with Crippen LogP contribution >= 0.6 is 11.6 Å². The van der Waals surface area contributed by atoms with Crippen LogP contribution in [0.5, 0.6) is 0 Å². The highest BCUT2D eigenvalue weighted by Crippen LogP contribution is 2.22. The molecule has 1 N–H and O–H groups in total. The lowest BCUT2D eigenvalue weighted by molar-refractivity contribution is 0.0664. The molecule has 0 spiro atoms. The second kappa shape index (κ2) is 7.84. The molecule has 27 heavy (non-hydrogen) atoms. The summed E-state index contributed by atoms with van der Waals surface area (Å²) >= 11 is 5.65. The Balaban J connectivity index is 1.71. The molecule has 0 aromatic heterocycles. The van der Waals surface area contributed by atoms with Crippen molar-refractivity contribution < 1.29 is 17.6 Å². The normalized spacial score (nSPS) is 15.6. The van der Waals surface area contributed by atoms with Gasteiger partial charge in [-0.15, -0.1) is 0 Å². The van der Waals surface area contributed by atoms with Gasteiger partial charge in [-0.2, -0.15) is 0 Å². The van der Waals surface area contributed by atoms with Crippen LogP contribution in [0.4, 0.5) is 10.1 Å². The molecular weight excluding hydrogens is 393 g/mol. The predicted molar refractivity (Wildman–Crippen MR) is 102 cm³/mol. The van der Waals surface area contributed by atoms with Crippen molar-refractivity contribution in [2.45, 2.75) is 4.90 Å². The first kappa shape index (κ1) is 19.6. The molecule has 144 valence electrons. The van der Waals surface area contributed by atoms with Gasteiger partial charge >= 0.3 is 0 Å². The molecule has 1 saturated heterocycles. The van der Waals surface area contributed by atoms with Crippen LogP contribution in [-0.4, -0.2) is 57.4 Å². The van der Waals surface area contributed by atoms with E-state index in [0.717, 1.165) is 31.3 Å². The molecule has 0 radical (unpaired) electrons. The van der Waals surface area contributed by atoms with Gasteiger partial charge < -0.3 is 9.80 Å². The third-order valence-electron chi connectivity index (χ3n) is 4.38. The molecule has 9 heteroatoms. The van der Waals surface area contributed by atoms with Gasteiger partial charge in [-0.25, -0.2) is 12.8 Å². The van der Waals surface area contributed by atoms with Crippen LogP contribution in [0.15, 0.2) is 47.4 Å². The molecule has 2 aromatic rings. The molecule has 1 heterocycles. The van der Waals surface area contributed by atoms with E-state index < -0.39 is 15.8 Å². The second-order valence-corrected chi connectivity index (χ2v) is 8.44. The SMILES string of the molecule is CN1CCN(C(=O)c2ccc(NS(=O)(=O)c3ccc(F)c(Cl)c3)cc2)CC1. The van der Waals surface area contributed by atoms with E-state index in [9.17, 15) is 17.6 Å². The van der Waals surface area contributed by atoms with Gasteiger partial charge in [-0.05, 0) is 49.5 Å². The first-order chi connectivity index (χ1) is 12.8. The number of hydrogen-bond donors (Lipinski definition) is 1. The van der Waals surface area contributed by atoms with Crippen LogP contribution in [0.1, 0.15) is 10.4 Å². The number of sulfonamides is 1. The van der Waals surface area contributed by atoms with Gasteiger partial charge in [-0.3, -0.25) is 9.52 Å². The van der Waals surface area contributed by atoms with Gasteiger partial charge in [0.25, 0.3) is 15.9 Å². The van der Waals surface area contributed by atoms with Crippen LogP contribution in [0.3, 0.4) is 0 Å². The molecule has 2 aromatic carbocycles. The number of rotatable bonds is 4. The van der Waals surface area contributed by atoms with Gasteiger partial charge in [0.05, 0.1) is 9.92 Å². The summed E-state index contributed by atoms with van der Waals surface area (Å²) in [6, 6.07) is 9.37. The first-order valence-electron chi connectivity index (χ1n) is 8.32. The number of benzene rings is 2. The van der Waals surface area contributed by atoms with E-state index in [1.54, 1.807) is 17.0 Å². The largest absolute Gasteiger partial charge is 0.336 e. The minimum absolute atomic E-state index is 0.0807. The highest BCUT2D eigenvalue weighted by Gasteiger charge is 2.21. The Morgan fingerprint density at radius 1 is 1.07 bits per heavy atom. The van der Waals surface area contributed by atoms with Crippen LogP contribution in [0.2, 0.25) is 5.02 Å². The molecular formula is C18H19ClFN3O3S. The van der Waals surface area contributed by atoms with E-state index in [-0.39, 0.29) is 15.8 Å². The number of halogens is 2. The lowest BCUT2D eigenvalue weighted by Gasteiger charge is -2.32. The van der Waals surface area contributed by atoms with Crippen molar-refractivity contribution in [3.05, 3.63) is 58.9 Å². The van der Waals surface area contributed by atoms with Gasteiger partial charge in [0.2, 0.25) is 0 Å². The van der Waals surface area contributed by atoms with Crippen molar-refractivity contribution in [3.63, 3.8) is 0 Å². The van der Waals surface area contributed by atoms with E-state index in [1.165, 1.54) is 12.1 Å². The number of anilines is 1. The molecule has 0 bridgehead atoms. The van der Waals surface area contributed by atoms with E-state index in [1.807, 2.05) is 7.05 Å². The lowest BCUT2D eigenvalue weighted by Crippen LogP contribution is -2.47. The molecule has 0 atom stereocenters. The molecule has 6 nitrogen and oxygen atoms in total. The molecule has 1 amide bonds. The zero-order valence-corrected chi connectivity index (χ0v) is 16.2. The highest BCUT2D eigenvalue weighted by molar-refractivity contribution is 7.92. The fraction of sp³-hybridized carbons (Fsp3) is 0.278. The number of carbonyl (C=O) groups excluding carboxylic acids is 1. The van der Waals surface area contributed by atoms with E-state index in [4.69, 9.17) is 11.6 Å². The second-order valence-electron chi connectivity index (χ2n) is 6.35. The number of carbonyl (C=O) groups is 1. The number of hydrogen-bond acceptors (Lipinski definition) is 4. The van der Waals surface area contributed by atoms with Crippen LogP contribution in [0.25, 0.3) is 0 Å². The van der Waals surface area contributed by atoms with Crippen molar-refractivity contribution in [1.29, 1.82) is 0 Å². The Kier molecular flexibility index (Phi) is 5.69. The van der Waals surface area contributed by atoms with Gasteiger partial charge in [0.15, 0.2) is 0 Å². The van der Waals surface area contributed by atoms with E-state index in [0.29, 0.717) is 24.3 Å². The Labute approximate surface area is 162 Å². The zero-order chi connectivity index (χ0) is 19.6. The fourth-order valence-corrected chi connectivity index (χ4v) is 4.06. The summed E-state index contributed by atoms with van der Waals surface area (Å²) in [6.07, 6.45) is 0. The van der Waals surface area contributed by atoms with Crippen LogP contribution in [0, 0.1) is 5.82 Å². The Hall–Kier alpha value is -2.16. The monoisotopic (exact) mass is 411 g/mol. The molecule has 1 aliphatic rings. The molecule has 1 fully saturated rings. The predicted octanol–water partition coefficient (Wildman–Crippen LogP) is 2.67. The molecule has 0 saturated carbocycles. The maximum absolute atomic E-state index is 13.2. The third kappa shape index (κ3) is 4.58. The Morgan fingerprint density at radius 2 is 1.70 bits per heavy atom. The van der Waals surface area contributed by atoms with Crippen molar-refractivity contribution in [2.75, 3.05) is 37.9 Å². The van der Waals surface area contributed by atoms with Gasteiger partial charge in [0, 0.05) is 37.4 Å². The summed E-state index contributed by atoms with van der Waals surface area (Å²) in [7, 11) is -1.90. The highest BCUT2D eigenvalue weighted by atomic mass is 35.5. The maximum Gasteiger partial charge on any atom is 0.261 e. The van der Waals surface area contributed by atoms with Crippen LogP contribution < -0.4 is 4.72 Å². The quantitative estimate of drug-likeness (QED) is 0.839. The van der Waals surface area contributed by atoms with Gasteiger partial charge in [0.1, 0.15) is 5.82 Å². The van der Waals surface area contributed by atoms with Gasteiger partial charge in [-0.1, -0.05) is 11.6 Å². The summed E-state index contributed by atoms with van der Waals surface area (Å²) in [5, 5.41) is -0.272. The first-order valence-corrected chi connectivity index (χ1v) is 10.2. The van der Waals surface area contributed by atoms with E-state index in [2.05, 4.69) is 9.62 Å². The van der Waals surface area contributed by atoms with Crippen molar-refractivity contribution in [2.24, 2.45) is 0 Å². The average Bonchev–Trinajstić information content (AvgIpc) is 2.64. The number of likely N-dealkylation sites (N-methyl/N-ethyl adjacent to an activating group) is 1. The number of nitrogens with one attached hydrogen (secondary N) is 1. The topological polar surface area (TPSA) is 69.7 Å². The smallest absolute Gasteiger partial charge is 0.261 e. The number of amides is 1. The molecule has 1 aliphatic heterocycles. The third-order valence-corrected chi connectivity index (χ3v) is 6.04. The zero-order valence-electron chi connectivity index (χ0n) is 14.7. The lowest BCUT2D eigenvalue weighted by atomic mass is 10.1. The van der Waals surface area contributed by atoms with Crippen LogP contribution in [-0.2, 0) is 10.0 Å². The summed E-state index contributed by atoms with van der Waals surface area (Å²) in [5.74, 6) is -0.773. The average molecular weight is 412 g/mol. The Bertz CT molecular complexity index is 943. The van der Waals surface area contributed by atoms with E-state index >= 15 is 0 Å². The summed E-state index contributed by atoms with van der Waals surface area (Å²) < 4.78 is 40.4. The summed E-state index contributed by atoms with van der Waals surface area (Å²) in [4.78, 5) is 16.3. The van der Waals surface area contributed by atoms with Crippen molar-refractivity contribution >= 4 is 33.2 Å². The van der Waals surface area contributed by atoms with Crippen molar-refractivity contribution in [3.8, 4) is 0 Å². The van der Waals surface area contributed by atoms with Crippen molar-refractivity contribution in [1.82, 2.24) is 9.80 Å². The maximum atomic E-state index is 13.2. The number of nitrogens with zero attached hydrogens (tertiary/aromatic N) is 2. The fourth-order valence-electron chi connectivity index (χ4n) is 2.73. The summed E-state index contributed by atoms with van der Waals surface area (Å²) in [5.41, 5.74) is 0.790. The minimum Gasteiger partial charge on any atom is -0.336 e. The molecule has 3 rings (SSSR count). The standard InChI is InChI=1S/C18H19ClFN3O3S/c1-22-8-10-23(11-9-22)18(24)13-2-4-14(5-3-13)21-27(25,26)15-6-7-17(20)16(19)12-15/h2-7,12,21H,8-11H2,1H3.